The average Bonchev–Trinajstić information content (AvgIpc) is 3.28. The molecule has 0 spiro atoms. The van der Waals surface area contributed by atoms with Gasteiger partial charge in [0.1, 0.15) is 5.82 Å². The van der Waals surface area contributed by atoms with Gasteiger partial charge in [-0.25, -0.2) is 4.98 Å². The van der Waals surface area contributed by atoms with E-state index >= 15 is 0 Å². The molecule has 1 fully saturated rings. The lowest BCUT2D eigenvalue weighted by Gasteiger charge is -2.30. The molecule has 0 radical (unpaired) electrons. The number of nitrogens with zero attached hydrogens (tertiary/aromatic N) is 4. The smallest absolute Gasteiger partial charge is 0.241 e. The number of methoxy groups -OCH3 is 2. The van der Waals surface area contributed by atoms with Gasteiger partial charge in [-0.2, -0.15) is 4.98 Å². The van der Waals surface area contributed by atoms with Crippen molar-refractivity contribution >= 4 is 11.7 Å². The second-order valence-corrected chi connectivity index (χ2v) is 7.34. The minimum Gasteiger partial charge on any atom is -0.493 e. The lowest BCUT2D eigenvalue weighted by molar-refractivity contribution is -0.121. The van der Waals surface area contributed by atoms with Crippen molar-refractivity contribution in [1.29, 1.82) is 0 Å². The van der Waals surface area contributed by atoms with E-state index in [2.05, 4.69) is 25.3 Å². The molecular weight excluding hydrogens is 398 g/mol. The number of ether oxygens (including phenoxy) is 2. The quantitative estimate of drug-likeness (QED) is 0.619. The highest BCUT2D eigenvalue weighted by Crippen LogP contribution is 2.31. The summed E-state index contributed by atoms with van der Waals surface area (Å²) in [5.41, 5.74) is 0.789. The number of hydrogen-bond acceptors (Lipinski definition) is 8. The molecule has 1 aliphatic rings. The summed E-state index contributed by atoms with van der Waals surface area (Å²) < 4.78 is 16.0. The molecule has 0 atom stereocenters. The Labute approximate surface area is 180 Å². The van der Waals surface area contributed by atoms with Gasteiger partial charge in [-0.3, -0.25) is 9.69 Å². The van der Waals surface area contributed by atoms with Crippen molar-refractivity contribution in [2.24, 2.45) is 5.92 Å². The highest BCUT2D eigenvalue weighted by molar-refractivity contribution is 5.91. The van der Waals surface area contributed by atoms with E-state index in [1.54, 1.807) is 26.5 Å². The van der Waals surface area contributed by atoms with Crippen LogP contribution in [0.4, 0.5) is 5.82 Å². The highest BCUT2D eigenvalue weighted by Gasteiger charge is 2.26. The summed E-state index contributed by atoms with van der Waals surface area (Å²) >= 11 is 0. The van der Waals surface area contributed by atoms with Gasteiger partial charge in [-0.15, -0.1) is 0 Å². The molecule has 2 aromatic heterocycles. The molecule has 1 saturated heterocycles. The van der Waals surface area contributed by atoms with Gasteiger partial charge in [0.2, 0.25) is 17.6 Å². The van der Waals surface area contributed by atoms with Crippen LogP contribution in [0.15, 0.2) is 47.1 Å². The molecule has 0 unspecified atom stereocenters. The Kier molecular flexibility index (Phi) is 6.42. The molecule has 0 aliphatic carbocycles. The van der Waals surface area contributed by atoms with Crippen LogP contribution in [0.5, 0.6) is 11.5 Å². The number of pyridine rings is 1. The summed E-state index contributed by atoms with van der Waals surface area (Å²) in [5.74, 6) is 2.88. The zero-order valence-corrected chi connectivity index (χ0v) is 17.6. The standard InChI is InChI=1S/C22H25N5O4/c1-29-17-7-6-16(13-18(17)30-2)21-25-20(31-26-21)14-27-11-8-15(9-12-27)22(28)24-19-5-3-4-10-23-19/h3-7,10,13,15H,8-9,11-12,14H2,1-2H3,(H,23,24,28). The van der Waals surface area contributed by atoms with E-state index in [9.17, 15) is 4.79 Å². The first-order chi connectivity index (χ1) is 15.2. The second kappa shape index (κ2) is 9.57. The van der Waals surface area contributed by atoms with Crippen LogP contribution in [0.1, 0.15) is 18.7 Å². The van der Waals surface area contributed by atoms with Crippen molar-refractivity contribution in [2.75, 3.05) is 32.6 Å². The van der Waals surface area contributed by atoms with Gasteiger partial charge in [0.25, 0.3) is 0 Å². The van der Waals surface area contributed by atoms with Crippen LogP contribution >= 0.6 is 0 Å². The van der Waals surface area contributed by atoms with Crippen molar-refractivity contribution < 1.29 is 18.8 Å². The van der Waals surface area contributed by atoms with Crippen LogP contribution in [0.3, 0.4) is 0 Å². The first-order valence-electron chi connectivity index (χ1n) is 10.2. The molecule has 3 aromatic rings. The SMILES string of the molecule is COc1ccc(-c2noc(CN3CCC(C(=O)Nc4ccccn4)CC3)n2)cc1OC. The number of carbonyl (C=O) groups excluding carboxylic acids is 1. The van der Waals surface area contributed by atoms with E-state index in [0.29, 0.717) is 35.6 Å². The molecule has 162 valence electrons. The Morgan fingerprint density at radius 2 is 1.97 bits per heavy atom. The van der Waals surface area contributed by atoms with Crippen LogP contribution in [-0.4, -0.2) is 53.2 Å². The molecule has 1 aromatic carbocycles. The summed E-state index contributed by atoms with van der Waals surface area (Å²) in [5, 5.41) is 6.98. The Hall–Kier alpha value is -3.46. The van der Waals surface area contributed by atoms with Gasteiger partial charge < -0.3 is 19.3 Å². The number of rotatable bonds is 7. The number of benzene rings is 1. The summed E-state index contributed by atoms with van der Waals surface area (Å²) in [6, 6.07) is 11.0. The largest absolute Gasteiger partial charge is 0.493 e. The van der Waals surface area contributed by atoms with Gasteiger partial charge in [-0.05, 0) is 56.3 Å². The first-order valence-corrected chi connectivity index (χ1v) is 10.2. The summed E-state index contributed by atoms with van der Waals surface area (Å²) in [6.45, 7) is 2.12. The predicted octanol–water partition coefficient (Wildman–Crippen LogP) is 3.00. The average molecular weight is 423 g/mol. The molecule has 0 bridgehead atoms. The second-order valence-electron chi connectivity index (χ2n) is 7.34. The van der Waals surface area contributed by atoms with E-state index < -0.39 is 0 Å². The third-order valence-electron chi connectivity index (χ3n) is 5.34. The fraction of sp³-hybridized carbons (Fsp3) is 0.364. The van der Waals surface area contributed by atoms with E-state index in [1.807, 2.05) is 30.3 Å². The van der Waals surface area contributed by atoms with Crippen molar-refractivity contribution in [3.05, 3.63) is 48.5 Å². The normalized spacial score (nSPS) is 14.9. The highest BCUT2D eigenvalue weighted by atomic mass is 16.5. The Bertz CT molecular complexity index is 1020. The maximum Gasteiger partial charge on any atom is 0.241 e. The number of carbonyl (C=O) groups is 1. The first kappa shape index (κ1) is 20.8. The van der Waals surface area contributed by atoms with Gasteiger partial charge in [-0.1, -0.05) is 11.2 Å². The maximum atomic E-state index is 12.5. The Morgan fingerprint density at radius 3 is 2.68 bits per heavy atom. The number of piperidine rings is 1. The Balaban J connectivity index is 1.31. The molecule has 1 N–H and O–H groups in total. The van der Waals surface area contributed by atoms with Crippen molar-refractivity contribution in [1.82, 2.24) is 20.0 Å². The lowest BCUT2D eigenvalue weighted by atomic mass is 9.96. The third-order valence-corrected chi connectivity index (χ3v) is 5.34. The summed E-state index contributed by atoms with van der Waals surface area (Å²) in [7, 11) is 3.18. The predicted molar refractivity (Wildman–Crippen MR) is 114 cm³/mol. The van der Waals surface area contributed by atoms with E-state index in [1.165, 1.54) is 0 Å². The summed E-state index contributed by atoms with van der Waals surface area (Å²) in [6.07, 6.45) is 3.21. The van der Waals surface area contributed by atoms with Gasteiger partial charge in [0.15, 0.2) is 11.5 Å². The molecular formula is C22H25N5O4. The minimum atomic E-state index is -0.0248. The van der Waals surface area contributed by atoms with E-state index in [-0.39, 0.29) is 11.8 Å². The van der Waals surface area contributed by atoms with Crippen LogP contribution in [-0.2, 0) is 11.3 Å². The van der Waals surface area contributed by atoms with Gasteiger partial charge in [0.05, 0.1) is 20.8 Å². The van der Waals surface area contributed by atoms with Gasteiger partial charge in [0, 0.05) is 17.7 Å². The monoisotopic (exact) mass is 423 g/mol. The fourth-order valence-electron chi connectivity index (χ4n) is 3.62. The van der Waals surface area contributed by atoms with Crippen LogP contribution in [0.25, 0.3) is 11.4 Å². The number of hydrogen-bond donors (Lipinski definition) is 1. The molecule has 0 saturated carbocycles. The lowest BCUT2D eigenvalue weighted by Crippen LogP contribution is -2.37. The fourth-order valence-corrected chi connectivity index (χ4v) is 3.62. The number of aromatic nitrogens is 3. The van der Waals surface area contributed by atoms with E-state index in [0.717, 1.165) is 31.5 Å². The molecule has 9 nitrogen and oxygen atoms in total. The maximum absolute atomic E-state index is 12.5. The van der Waals surface area contributed by atoms with Crippen molar-refractivity contribution in [3.63, 3.8) is 0 Å². The minimum absolute atomic E-state index is 0.0203. The topological polar surface area (TPSA) is 103 Å². The van der Waals surface area contributed by atoms with Crippen molar-refractivity contribution in [2.45, 2.75) is 19.4 Å². The molecule has 9 heteroatoms. The van der Waals surface area contributed by atoms with Crippen LogP contribution in [0.2, 0.25) is 0 Å². The molecule has 1 aliphatic heterocycles. The Morgan fingerprint density at radius 1 is 1.16 bits per heavy atom. The summed E-state index contributed by atoms with van der Waals surface area (Å²) in [4.78, 5) is 23.3. The van der Waals surface area contributed by atoms with Gasteiger partial charge >= 0.3 is 0 Å². The van der Waals surface area contributed by atoms with E-state index in [4.69, 9.17) is 14.0 Å². The van der Waals surface area contributed by atoms with Crippen molar-refractivity contribution in [3.8, 4) is 22.9 Å². The third kappa shape index (κ3) is 5.00. The van der Waals surface area contributed by atoms with Crippen LogP contribution in [0, 0.1) is 5.92 Å². The zero-order valence-electron chi connectivity index (χ0n) is 17.6. The number of nitrogens with one attached hydrogen (secondary N) is 1. The molecule has 1 amide bonds. The van der Waals surface area contributed by atoms with Crippen LogP contribution < -0.4 is 14.8 Å². The zero-order chi connectivity index (χ0) is 21.6. The molecule has 3 heterocycles. The number of anilines is 1. The number of likely N-dealkylation sites (tertiary alicyclic amines) is 1. The molecule has 31 heavy (non-hydrogen) atoms. The molecule has 4 rings (SSSR count). The number of amides is 1.